The van der Waals surface area contributed by atoms with Crippen molar-refractivity contribution in [2.45, 2.75) is 45.4 Å². The molecule has 1 unspecified atom stereocenters. The van der Waals surface area contributed by atoms with Gasteiger partial charge in [0.25, 0.3) is 5.91 Å². The summed E-state index contributed by atoms with van der Waals surface area (Å²) in [5, 5.41) is 15.6. The molecule has 7 heteroatoms. The number of carbonyl (C=O) groups excluding carboxylic acids is 1. The zero-order valence-corrected chi connectivity index (χ0v) is 20.9. The SMILES string of the molecule is C=N/C(=C\C(C)=C/COCCNC)NC(=O)c1ccc(C(C)CO)cc1N1CCC2(CC1)CC2. The van der Waals surface area contributed by atoms with Gasteiger partial charge in [-0.3, -0.25) is 4.79 Å². The number of hydrogen-bond donors (Lipinski definition) is 3. The average Bonchev–Trinajstić information content (AvgIpc) is 3.61. The van der Waals surface area contributed by atoms with E-state index in [1.807, 2.05) is 39.1 Å². The highest BCUT2D eigenvalue weighted by atomic mass is 16.5. The molecule has 0 aromatic heterocycles. The molecule has 1 amide bonds. The van der Waals surface area contributed by atoms with Crippen LogP contribution >= 0.6 is 0 Å². The molecule has 1 heterocycles. The highest BCUT2D eigenvalue weighted by Crippen LogP contribution is 2.54. The number of ether oxygens (including phenoxy) is 1. The fraction of sp³-hybridized carbons (Fsp3) is 0.556. The smallest absolute Gasteiger partial charge is 0.258 e. The summed E-state index contributed by atoms with van der Waals surface area (Å²) in [7, 11) is 1.89. The minimum atomic E-state index is -0.207. The minimum absolute atomic E-state index is 0.0174. The number of aliphatic hydroxyl groups is 1. The number of aliphatic hydroxyl groups excluding tert-OH is 1. The molecule has 0 bridgehead atoms. The molecule has 1 aliphatic carbocycles. The van der Waals surface area contributed by atoms with Crippen molar-refractivity contribution in [1.29, 1.82) is 0 Å². The number of rotatable bonds is 12. The Kier molecular flexibility index (Phi) is 9.45. The summed E-state index contributed by atoms with van der Waals surface area (Å²) in [6.07, 6.45) is 8.77. The number of anilines is 1. The molecule has 1 aromatic rings. The lowest BCUT2D eigenvalue weighted by Gasteiger charge is -2.35. The summed E-state index contributed by atoms with van der Waals surface area (Å²) in [5.41, 5.74) is 4.07. The number of aliphatic imine (C=N–C) groups is 1. The summed E-state index contributed by atoms with van der Waals surface area (Å²) in [4.78, 5) is 19.7. The van der Waals surface area contributed by atoms with E-state index in [0.29, 0.717) is 30.0 Å². The normalized spacial score (nSPS) is 18.6. The number of piperidine rings is 1. The van der Waals surface area contributed by atoms with Crippen LogP contribution < -0.4 is 15.5 Å². The van der Waals surface area contributed by atoms with E-state index in [-0.39, 0.29) is 18.4 Å². The van der Waals surface area contributed by atoms with E-state index in [2.05, 4.69) is 33.3 Å². The molecule has 3 rings (SSSR count). The van der Waals surface area contributed by atoms with Gasteiger partial charge in [0.05, 0.1) is 18.8 Å². The number of nitrogens with zero attached hydrogens (tertiary/aromatic N) is 2. The Balaban J connectivity index is 1.75. The topological polar surface area (TPSA) is 86.2 Å². The average molecular weight is 469 g/mol. The van der Waals surface area contributed by atoms with Gasteiger partial charge in [-0.05, 0) is 81.1 Å². The van der Waals surface area contributed by atoms with Gasteiger partial charge in [-0.25, -0.2) is 4.99 Å². The number of hydrogen-bond acceptors (Lipinski definition) is 6. The number of benzene rings is 1. The van der Waals surface area contributed by atoms with E-state index in [4.69, 9.17) is 4.74 Å². The zero-order chi connectivity index (χ0) is 24.6. The van der Waals surface area contributed by atoms with E-state index in [1.165, 1.54) is 25.7 Å². The monoisotopic (exact) mass is 468 g/mol. The Hall–Kier alpha value is -2.48. The van der Waals surface area contributed by atoms with Crippen LogP contribution in [0.25, 0.3) is 0 Å². The quantitative estimate of drug-likeness (QED) is 0.248. The van der Waals surface area contributed by atoms with Crippen molar-refractivity contribution in [2.24, 2.45) is 10.4 Å². The molecule has 1 atom stereocenters. The molecule has 1 aliphatic heterocycles. The molecule has 34 heavy (non-hydrogen) atoms. The van der Waals surface area contributed by atoms with Crippen LogP contribution in [0.1, 0.15) is 61.4 Å². The third kappa shape index (κ3) is 7.01. The van der Waals surface area contributed by atoms with Crippen molar-refractivity contribution in [3.05, 3.63) is 52.9 Å². The number of likely N-dealkylation sites (N-methyl/N-ethyl adjacent to an activating group) is 1. The third-order valence-electron chi connectivity index (χ3n) is 7.03. The molecule has 7 nitrogen and oxygen atoms in total. The van der Waals surface area contributed by atoms with Crippen LogP contribution in [-0.2, 0) is 4.74 Å². The van der Waals surface area contributed by atoms with Crippen LogP contribution in [0.3, 0.4) is 0 Å². The van der Waals surface area contributed by atoms with Gasteiger partial charge in [-0.2, -0.15) is 0 Å². The molecule has 3 N–H and O–H groups in total. The first-order valence-corrected chi connectivity index (χ1v) is 12.3. The highest BCUT2D eigenvalue weighted by molar-refractivity contribution is 6.01. The lowest BCUT2D eigenvalue weighted by atomic mass is 9.92. The van der Waals surface area contributed by atoms with Crippen LogP contribution in [0.4, 0.5) is 5.69 Å². The maximum atomic E-state index is 13.3. The van der Waals surface area contributed by atoms with Crippen molar-refractivity contribution in [1.82, 2.24) is 10.6 Å². The molecular weight excluding hydrogens is 428 g/mol. The second kappa shape index (κ2) is 12.3. The number of amides is 1. The predicted octanol–water partition coefficient (Wildman–Crippen LogP) is 3.62. The van der Waals surface area contributed by atoms with Gasteiger partial charge in [-0.15, -0.1) is 0 Å². The summed E-state index contributed by atoms with van der Waals surface area (Å²) in [6, 6.07) is 5.87. The first kappa shape index (κ1) is 26.1. The first-order valence-electron chi connectivity index (χ1n) is 12.3. The van der Waals surface area contributed by atoms with Crippen molar-refractivity contribution in [3.8, 4) is 0 Å². The van der Waals surface area contributed by atoms with Gasteiger partial charge in [0, 0.05) is 37.8 Å². The molecule has 1 saturated heterocycles. The standard InChI is InChI=1S/C27H40N4O3/c1-20(7-15-34-16-12-28-3)17-25(29-4)30-26(33)23-6-5-22(21(2)19-32)18-24(23)31-13-10-27(8-9-27)11-14-31/h5-7,17-18,21,28,32H,4,8-16,19H2,1-3H3,(H,30,33)/b20-7-,25-17+. The van der Waals surface area contributed by atoms with Gasteiger partial charge >= 0.3 is 0 Å². The van der Waals surface area contributed by atoms with Crippen LogP contribution in [0.5, 0.6) is 0 Å². The molecule has 1 spiro atoms. The van der Waals surface area contributed by atoms with Crippen LogP contribution in [-0.4, -0.2) is 64.2 Å². The van der Waals surface area contributed by atoms with Crippen LogP contribution in [0.2, 0.25) is 0 Å². The number of allylic oxidation sites excluding steroid dienone is 2. The fourth-order valence-corrected chi connectivity index (χ4v) is 4.34. The van der Waals surface area contributed by atoms with Gasteiger partial charge in [0.1, 0.15) is 5.82 Å². The predicted molar refractivity (Wildman–Crippen MR) is 139 cm³/mol. The number of carbonyl (C=O) groups is 1. The van der Waals surface area contributed by atoms with Crippen LogP contribution in [0, 0.1) is 5.41 Å². The first-order chi connectivity index (χ1) is 16.4. The zero-order valence-electron chi connectivity index (χ0n) is 20.9. The second-order valence-electron chi connectivity index (χ2n) is 9.62. The highest BCUT2D eigenvalue weighted by Gasteiger charge is 2.44. The maximum Gasteiger partial charge on any atom is 0.258 e. The summed E-state index contributed by atoms with van der Waals surface area (Å²) < 4.78 is 5.53. The number of nitrogens with one attached hydrogen (secondary N) is 2. The molecule has 1 aromatic carbocycles. The molecular formula is C27H40N4O3. The van der Waals surface area contributed by atoms with Gasteiger partial charge in [-0.1, -0.05) is 19.1 Å². The minimum Gasteiger partial charge on any atom is -0.396 e. The van der Waals surface area contributed by atoms with E-state index < -0.39 is 0 Å². The summed E-state index contributed by atoms with van der Waals surface area (Å²) in [6.45, 7) is 11.5. The third-order valence-corrected chi connectivity index (χ3v) is 7.03. The van der Waals surface area contributed by atoms with E-state index in [0.717, 1.165) is 36.5 Å². The Morgan fingerprint density at radius 3 is 2.68 bits per heavy atom. The van der Waals surface area contributed by atoms with Crippen molar-refractivity contribution < 1.29 is 14.6 Å². The molecule has 186 valence electrons. The van der Waals surface area contributed by atoms with Gasteiger partial charge < -0.3 is 25.4 Å². The Morgan fingerprint density at radius 2 is 2.06 bits per heavy atom. The molecule has 2 aliphatic rings. The Bertz CT molecular complexity index is 910. The maximum absolute atomic E-state index is 13.3. The largest absolute Gasteiger partial charge is 0.396 e. The lowest BCUT2D eigenvalue weighted by molar-refractivity contribution is 0.0966. The summed E-state index contributed by atoms with van der Waals surface area (Å²) in [5.74, 6) is 0.216. The molecule has 1 saturated carbocycles. The van der Waals surface area contributed by atoms with E-state index in [1.54, 1.807) is 6.08 Å². The van der Waals surface area contributed by atoms with Crippen molar-refractivity contribution >= 4 is 18.3 Å². The van der Waals surface area contributed by atoms with E-state index in [9.17, 15) is 9.90 Å². The fourth-order valence-electron chi connectivity index (χ4n) is 4.34. The Morgan fingerprint density at radius 1 is 1.32 bits per heavy atom. The van der Waals surface area contributed by atoms with E-state index >= 15 is 0 Å². The molecule has 0 radical (unpaired) electrons. The van der Waals surface area contributed by atoms with Gasteiger partial charge in [0.15, 0.2) is 0 Å². The van der Waals surface area contributed by atoms with Crippen LogP contribution in [0.15, 0.2) is 46.7 Å². The summed E-state index contributed by atoms with van der Waals surface area (Å²) >= 11 is 0. The van der Waals surface area contributed by atoms with Crippen molar-refractivity contribution in [2.75, 3.05) is 51.4 Å². The van der Waals surface area contributed by atoms with Crippen molar-refractivity contribution in [3.63, 3.8) is 0 Å². The Labute approximate surface area is 204 Å². The lowest BCUT2D eigenvalue weighted by Crippen LogP contribution is -2.36. The molecule has 2 fully saturated rings. The second-order valence-corrected chi connectivity index (χ2v) is 9.62. The van der Waals surface area contributed by atoms with Gasteiger partial charge in [0.2, 0.25) is 0 Å².